The van der Waals surface area contributed by atoms with Crippen LogP contribution in [-0.2, 0) is 0 Å². The van der Waals surface area contributed by atoms with Gasteiger partial charge in [-0.2, -0.15) is 0 Å². The van der Waals surface area contributed by atoms with Crippen LogP contribution in [-0.4, -0.2) is 4.99 Å². The first-order valence-electron chi connectivity index (χ1n) is 5.09. The van der Waals surface area contributed by atoms with E-state index in [1.165, 1.54) is 12.1 Å². The topological polar surface area (TPSA) is 35.2 Å². The molecule has 0 saturated carbocycles. The lowest BCUT2D eigenvalue weighted by Crippen LogP contribution is -2.10. The first kappa shape index (κ1) is 13.0. The van der Waals surface area contributed by atoms with Crippen molar-refractivity contribution < 1.29 is 9.13 Å². The number of halogens is 2. The Balaban J connectivity index is 2.34. The van der Waals surface area contributed by atoms with E-state index in [1.54, 1.807) is 18.2 Å². The summed E-state index contributed by atoms with van der Waals surface area (Å²) >= 11 is 8.04. The van der Waals surface area contributed by atoms with Gasteiger partial charge < -0.3 is 10.5 Å². The molecule has 0 atom stereocenters. The van der Waals surface area contributed by atoms with E-state index in [0.29, 0.717) is 21.5 Å². The van der Waals surface area contributed by atoms with Gasteiger partial charge in [0.2, 0.25) is 0 Å². The molecule has 0 radical (unpaired) electrons. The van der Waals surface area contributed by atoms with Crippen LogP contribution < -0.4 is 10.5 Å². The molecule has 2 N–H and O–H groups in total. The number of benzene rings is 2. The molecule has 92 valence electrons. The van der Waals surface area contributed by atoms with Crippen LogP contribution in [0.15, 0.2) is 46.9 Å². The summed E-state index contributed by atoms with van der Waals surface area (Å²) in [5.74, 6) is 0.709. The molecule has 2 rings (SSSR count). The van der Waals surface area contributed by atoms with E-state index >= 15 is 0 Å². The predicted molar refractivity (Wildman–Crippen MR) is 76.5 cm³/mol. The number of thiocarbonyl (C=S) groups is 1. The molecule has 0 aromatic heterocycles. The quantitative estimate of drug-likeness (QED) is 0.866. The van der Waals surface area contributed by atoms with Crippen LogP contribution in [0.25, 0.3) is 0 Å². The Bertz CT molecular complexity index is 603. The molecule has 2 aromatic carbocycles. The molecule has 2 nitrogen and oxygen atoms in total. The number of para-hydroxylation sites is 1. The summed E-state index contributed by atoms with van der Waals surface area (Å²) in [6.45, 7) is 0. The first-order chi connectivity index (χ1) is 8.58. The van der Waals surface area contributed by atoms with Gasteiger partial charge in [-0.15, -0.1) is 0 Å². The third kappa shape index (κ3) is 2.86. The lowest BCUT2D eigenvalue weighted by atomic mass is 10.2. The monoisotopic (exact) mass is 325 g/mol. The van der Waals surface area contributed by atoms with Crippen LogP contribution in [0.3, 0.4) is 0 Å². The zero-order valence-electron chi connectivity index (χ0n) is 9.19. The highest BCUT2D eigenvalue weighted by molar-refractivity contribution is 9.10. The summed E-state index contributed by atoms with van der Waals surface area (Å²) in [7, 11) is 0. The molecular formula is C13H9BrFNOS. The maximum absolute atomic E-state index is 13.1. The molecule has 0 amide bonds. The summed E-state index contributed by atoms with van der Waals surface area (Å²) in [5.41, 5.74) is 6.25. The molecule has 18 heavy (non-hydrogen) atoms. The highest BCUT2D eigenvalue weighted by Gasteiger charge is 2.08. The van der Waals surface area contributed by atoms with Crippen molar-refractivity contribution in [2.45, 2.75) is 0 Å². The average Bonchev–Trinajstić information content (AvgIpc) is 2.34. The molecule has 0 unspecified atom stereocenters. The molecule has 0 heterocycles. The Morgan fingerprint density at radius 1 is 1.22 bits per heavy atom. The first-order valence-corrected chi connectivity index (χ1v) is 6.30. The Morgan fingerprint density at radius 3 is 2.61 bits per heavy atom. The molecule has 0 spiro atoms. The van der Waals surface area contributed by atoms with Gasteiger partial charge in [-0.1, -0.05) is 24.4 Å². The van der Waals surface area contributed by atoms with Crippen LogP contribution >= 0.6 is 28.1 Å². The van der Waals surface area contributed by atoms with Crippen molar-refractivity contribution in [3.63, 3.8) is 0 Å². The van der Waals surface area contributed by atoms with Gasteiger partial charge in [0, 0.05) is 0 Å². The van der Waals surface area contributed by atoms with Crippen molar-refractivity contribution >= 4 is 33.1 Å². The van der Waals surface area contributed by atoms with Gasteiger partial charge in [-0.3, -0.25) is 0 Å². The van der Waals surface area contributed by atoms with Gasteiger partial charge in [0.1, 0.15) is 22.3 Å². The molecule has 0 saturated heterocycles. The number of ether oxygens (including phenoxy) is 1. The van der Waals surface area contributed by atoms with Gasteiger partial charge in [0.05, 0.1) is 10.0 Å². The van der Waals surface area contributed by atoms with E-state index in [-0.39, 0.29) is 10.8 Å². The largest absolute Gasteiger partial charge is 0.457 e. The molecule has 2 aromatic rings. The number of rotatable bonds is 3. The van der Waals surface area contributed by atoms with Crippen LogP contribution in [0.4, 0.5) is 4.39 Å². The van der Waals surface area contributed by atoms with Gasteiger partial charge in [-0.05, 0) is 46.3 Å². The molecular weight excluding hydrogens is 317 g/mol. The minimum absolute atomic E-state index is 0.256. The van der Waals surface area contributed by atoms with E-state index in [2.05, 4.69) is 15.9 Å². The van der Waals surface area contributed by atoms with Crippen molar-refractivity contribution in [1.82, 2.24) is 0 Å². The van der Waals surface area contributed by atoms with E-state index < -0.39 is 0 Å². The maximum atomic E-state index is 13.1. The second kappa shape index (κ2) is 5.46. The van der Waals surface area contributed by atoms with Crippen molar-refractivity contribution in [3.8, 4) is 11.5 Å². The fraction of sp³-hybridized carbons (Fsp3) is 0. The number of nitrogens with two attached hydrogens (primary N) is 1. The normalized spacial score (nSPS) is 10.1. The zero-order valence-corrected chi connectivity index (χ0v) is 11.6. The minimum atomic E-state index is -0.343. The summed E-state index contributed by atoms with van der Waals surface area (Å²) in [4.78, 5) is 0.256. The summed E-state index contributed by atoms with van der Waals surface area (Å²) in [6, 6.07) is 11.6. The SMILES string of the molecule is NC(=S)c1ccccc1Oc1ccc(F)c(Br)c1. The second-order valence-electron chi connectivity index (χ2n) is 3.54. The number of hydrogen-bond acceptors (Lipinski definition) is 2. The maximum Gasteiger partial charge on any atom is 0.137 e. The van der Waals surface area contributed by atoms with Gasteiger partial charge >= 0.3 is 0 Å². The lowest BCUT2D eigenvalue weighted by molar-refractivity contribution is 0.479. The van der Waals surface area contributed by atoms with E-state index in [9.17, 15) is 4.39 Å². The molecule has 0 aliphatic carbocycles. The third-order valence-corrected chi connectivity index (χ3v) is 3.10. The third-order valence-electron chi connectivity index (χ3n) is 2.27. The zero-order chi connectivity index (χ0) is 13.1. The Hall–Kier alpha value is -1.46. The van der Waals surface area contributed by atoms with Crippen molar-refractivity contribution in [2.24, 2.45) is 5.73 Å². The van der Waals surface area contributed by atoms with E-state index in [4.69, 9.17) is 22.7 Å². The van der Waals surface area contributed by atoms with Crippen LogP contribution in [0, 0.1) is 5.82 Å². The standard InChI is InChI=1S/C13H9BrFNOS/c14-10-7-8(5-6-11(10)15)17-12-4-2-1-3-9(12)13(16)18/h1-7H,(H2,16,18). The van der Waals surface area contributed by atoms with Gasteiger partial charge in [0.15, 0.2) is 0 Å². The van der Waals surface area contributed by atoms with E-state index in [0.717, 1.165) is 0 Å². The smallest absolute Gasteiger partial charge is 0.137 e. The highest BCUT2D eigenvalue weighted by Crippen LogP contribution is 2.28. The lowest BCUT2D eigenvalue weighted by Gasteiger charge is -2.10. The van der Waals surface area contributed by atoms with Crippen molar-refractivity contribution in [2.75, 3.05) is 0 Å². The fourth-order valence-corrected chi connectivity index (χ4v) is 1.95. The van der Waals surface area contributed by atoms with Crippen molar-refractivity contribution in [3.05, 3.63) is 58.3 Å². The Labute approximate surface area is 118 Å². The molecule has 5 heteroatoms. The van der Waals surface area contributed by atoms with Crippen LogP contribution in [0.2, 0.25) is 0 Å². The van der Waals surface area contributed by atoms with Crippen LogP contribution in [0.1, 0.15) is 5.56 Å². The average molecular weight is 326 g/mol. The highest BCUT2D eigenvalue weighted by atomic mass is 79.9. The minimum Gasteiger partial charge on any atom is -0.457 e. The molecule has 0 aliphatic rings. The number of hydrogen-bond donors (Lipinski definition) is 1. The van der Waals surface area contributed by atoms with Crippen LogP contribution in [0.5, 0.6) is 11.5 Å². The van der Waals surface area contributed by atoms with Gasteiger partial charge in [0.25, 0.3) is 0 Å². The molecule has 0 aliphatic heterocycles. The van der Waals surface area contributed by atoms with Gasteiger partial charge in [-0.25, -0.2) is 4.39 Å². The second-order valence-corrected chi connectivity index (χ2v) is 4.83. The molecule has 0 bridgehead atoms. The van der Waals surface area contributed by atoms with Crippen molar-refractivity contribution in [1.29, 1.82) is 0 Å². The Morgan fingerprint density at radius 2 is 1.94 bits per heavy atom. The van der Waals surface area contributed by atoms with E-state index in [1.807, 2.05) is 12.1 Å². The Kier molecular flexibility index (Phi) is 3.93. The summed E-state index contributed by atoms with van der Waals surface area (Å²) < 4.78 is 19.1. The predicted octanol–water partition coefficient (Wildman–Crippen LogP) is 4.01. The fourth-order valence-electron chi connectivity index (χ4n) is 1.43. The summed E-state index contributed by atoms with van der Waals surface area (Å²) in [5, 5.41) is 0. The molecule has 0 fully saturated rings. The summed E-state index contributed by atoms with van der Waals surface area (Å²) in [6.07, 6.45) is 0.